The van der Waals surface area contributed by atoms with Crippen LogP contribution >= 0.6 is 11.6 Å². The number of aromatic nitrogens is 1. The second-order valence-corrected chi connectivity index (χ2v) is 5.49. The van der Waals surface area contributed by atoms with E-state index >= 15 is 0 Å². The van der Waals surface area contributed by atoms with Crippen LogP contribution in [0.15, 0.2) is 48.5 Å². The number of pyridine rings is 1. The molecule has 3 aromatic rings. The molecule has 0 saturated carbocycles. The van der Waals surface area contributed by atoms with E-state index in [9.17, 15) is 0 Å². The maximum Gasteiger partial charge on any atom is 0.120 e. The molecule has 0 aliphatic rings. The van der Waals surface area contributed by atoms with Crippen LogP contribution < -0.4 is 22.5 Å². The van der Waals surface area contributed by atoms with E-state index in [1.165, 1.54) is 0 Å². The molecular formula is C18H17Cl2N2O-. The Kier molecular flexibility index (Phi) is 5.69. The Labute approximate surface area is 147 Å². The van der Waals surface area contributed by atoms with E-state index in [-0.39, 0.29) is 12.4 Å². The molecule has 1 N–H and O–H groups in total. The Morgan fingerprint density at radius 2 is 1.83 bits per heavy atom. The lowest BCUT2D eigenvalue weighted by atomic mass is 10.1. The first-order chi connectivity index (χ1) is 10.7. The SMILES string of the molecule is CCOc1ccc2nc(C)cc(Nc3ccc(Cl)cc3)c2c1.[Cl-]. The highest BCUT2D eigenvalue weighted by atomic mass is 35.5. The standard InChI is InChI=1S/C18H17ClN2O.ClH/c1-3-22-15-8-9-17-16(11-15)18(10-12(2)20-17)21-14-6-4-13(19)5-7-14;/h4-11H,3H2,1-2H3,(H,20,21);1H/p-1. The highest BCUT2D eigenvalue weighted by Gasteiger charge is 2.06. The molecule has 0 fully saturated rings. The molecule has 0 unspecified atom stereocenters. The lowest BCUT2D eigenvalue weighted by molar-refractivity contribution is -0.00000501. The zero-order valence-corrected chi connectivity index (χ0v) is 14.4. The summed E-state index contributed by atoms with van der Waals surface area (Å²) in [6.07, 6.45) is 0. The molecule has 2 aromatic carbocycles. The van der Waals surface area contributed by atoms with Gasteiger partial charge in [0.05, 0.1) is 12.1 Å². The second-order valence-electron chi connectivity index (χ2n) is 5.06. The molecule has 1 heterocycles. The van der Waals surface area contributed by atoms with Gasteiger partial charge >= 0.3 is 0 Å². The van der Waals surface area contributed by atoms with Gasteiger partial charge in [0.2, 0.25) is 0 Å². The Bertz CT molecular complexity index is 804. The van der Waals surface area contributed by atoms with Crippen LogP contribution in [0, 0.1) is 6.92 Å². The highest BCUT2D eigenvalue weighted by molar-refractivity contribution is 6.30. The third-order valence-electron chi connectivity index (χ3n) is 3.34. The maximum atomic E-state index is 5.94. The van der Waals surface area contributed by atoms with Crippen LogP contribution in [0.5, 0.6) is 5.75 Å². The third kappa shape index (κ3) is 4.06. The van der Waals surface area contributed by atoms with Gasteiger partial charge in [-0.25, -0.2) is 0 Å². The normalized spacial score (nSPS) is 10.2. The van der Waals surface area contributed by atoms with Gasteiger partial charge in [0.25, 0.3) is 0 Å². The van der Waals surface area contributed by atoms with Crippen LogP contribution in [0.3, 0.4) is 0 Å². The molecule has 5 heteroatoms. The summed E-state index contributed by atoms with van der Waals surface area (Å²) in [5.41, 5.74) is 3.90. The topological polar surface area (TPSA) is 34.1 Å². The second kappa shape index (κ2) is 7.53. The van der Waals surface area contributed by atoms with Gasteiger partial charge in [0.1, 0.15) is 5.75 Å². The predicted molar refractivity (Wildman–Crippen MR) is 92.4 cm³/mol. The quantitative estimate of drug-likeness (QED) is 0.786. The fourth-order valence-electron chi connectivity index (χ4n) is 2.39. The van der Waals surface area contributed by atoms with E-state index in [2.05, 4.69) is 10.3 Å². The van der Waals surface area contributed by atoms with Crippen molar-refractivity contribution in [2.24, 2.45) is 0 Å². The van der Waals surface area contributed by atoms with Gasteiger partial charge in [-0.15, -0.1) is 0 Å². The largest absolute Gasteiger partial charge is 1.00 e. The number of fused-ring (bicyclic) bond motifs is 1. The molecule has 1 aromatic heterocycles. The van der Waals surface area contributed by atoms with Crippen molar-refractivity contribution in [1.29, 1.82) is 0 Å². The molecule has 0 amide bonds. The molecule has 0 atom stereocenters. The van der Waals surface area contributed by atoms with Crippen molar-refractivity contribution in [2.45, 2.75) is 13.8 Å². The molecule has 0 radical (unpaired) electrons. The van der Waals surface area contributed by atoms with Crippen LogP contribution in [0.4, 0.5) is 11.4 Å². The number of rotatable bonds is 4. The number of benzene rings is 2. The van der Waals surface area contributed by atoms with Gasteiger partial charge in [-0.05, 0) is 62.4 Å². The van der Waals surface area contributed by atoms with Crippen molar-refractivity contribution in [3.05, 3.63) is 59.2 Å². The van der Waals surface area contributed by atoms with Crippen molar-refractivity contribution in [3.8, 4) is 5.75 Å². The lowest BCUT2D eigenvalue weighted by Crippen LogP contribution is -3.00. The minimum Gasteiger partial charge on any atom is -1.00 e. The van der Waals surface area contributed by atoms with Gasteiger partial charge in [0, 0.05) is 27.5 Å². The molecule has 0 bridgehead atoms. The molecule has 23 heavy (non-hydrogen) atoms. The Hall–Kier alpha value is -1.97. The van der Waals surface area contributed by atoms with Crippen LogP contribution in [-0.4, -0.2) is 11.6 Å². The number of halogens is 2. The molecule has 120 valence electrons. The number of ether oxygens (including phenoxy) is 1. The fourth-order valence-corrected chi connectivity index (χ4v) is 2.51. The molecule has 3 rings (SSSR count). The average Bonchev–Trinajstić information content (AvgIpc) is 2.50. The number of aryl methyl sites for hydroxylation is 1. The number of anilines is 2. The zero-order valence-electron chi connectivity index (χ0n) is 12.9. The first-order valence-corrected chi connectivity index (χ1v) is 7.60. The summed E-state index contributed by atoms with van der Waals surface area (Å²) < 4.78 is 5.59. The fraction of sp³-hybridized carbons (Fsp3) is 0.167. The average molecular weight is 348 g/mol. The van der Waals surface area contributed by atoms with Crippen molar-refractivity contribution in [1.82, 2.24) is 4.98 Å². The van der Waals surface area contributed by atoms with Crippen molar-refractivity contribution < 1.29 is 17.1 Å². The summed E-state index contributed by atoms with van der Waals surface area (Å²) in [4.78, 5) is 4.58. The first-order valence-electron chi connectivity index (χ1n) is 7.22. The minimum absolute atomic E-state index is 0. The van der Waals surface area contributed by atoms with Crippen molar-refractivity contribution in [3.63, 3.8) is 0 Å². The van der Waals surface area contributed by atoms with Crippen molar-refractivity contribution >= 4 is 33.9 Å². The van der Waals surface area contributed by atoms with Crippen LogP contribution in [0.25, 0.3) is 10.9 Å². The van der Waals surface area contributed by atoms with Gasteiger partial charge in [-0.2, -0.15) is 0 Å². The summed E-state index contributed by atoms with van der Waals surface area (Å²) in [5.74, 6) is 0.847. The number of nitrogens with zero attached hydrogens (tertiary/aromatic N) is 1. The summed E-state index contributed by atoms with van der Waals surface area (Å²) in [6.45, 7) is 4.61. The molecule has 0 aliphatic carbocycles. The molecule has 0 aliphatic heterocycles. The molecule has 3 nitrogen and oxygen atoms in total. The van der Waals surface area contributed by atoms with Gasteiger partial charge < -0.3 is 22.5 Å². The van der Waals surface area contributed by atoms with Gasteiger partial charge in [-0.1, -0.05) is 11.6 Å². The monoisotopic (exact) mass is 347 g/mol. The minimum atomic E-state index is 0. The Balaban J connectivity index is 0.00000192. The number of hydrogen-bond donors (Lipinski definition) is 1. The number of hydrogen-bond acceptors (Lipinski definition) is 3. The smallest absolute Gasteiger partial charge is 0.120 e. The van der Waals surface area contributed by atoms with Crippen LogP contribution in [0.2, 0.25) is 5.02 Å². The van der Waals surface area contributed by atoms with E-state index in [4.69, 9.17) is 16.3 Å². The van der Waals surface area contributed by atoms with Crippen LogP contribution in [0.1, 0.15) is 12.6 Å². The van der Waals surface area contributed by atoms with Crippen LogP contribution in [-0.2, 0) is 0 Å². The summed E-state index contributed by atoms with van der Waals surface area (Å²) in [6, 6.07) is 15.6. The predicted octanol–water partition coefficient (Wildman–Crippen LogP) is 2.34. The van der Waals surface area contributed by atoms with E-state index in [0.29, 0.717) is 6.61 Å². The lowest BCUT2D eigenvalue weighted by Gasteiger charge is -2.12. The molecular weight excluding hydrogens is 331 g/mol. The van der Waals surface area contributed by atoms with E-state index in [1.54, 1.807) is 0 Å². The Morgan fingerprint density at radius 1 is 1.09 bits per heavy atom. The van der Waals surface area contributed by atoms with E-state index in [0.717, 1.165) is 38.7 Å². The summed E-state index contributed by atoms with van der Waals surface area (Å²) in [5, 5.41) is 5.19. The maximum absolute atomic E-state index is 5.94. The summed E-state index contributed by atoms with van der Waals surface area (Å²) >= 11 is 5.94. The van der Waals surface area contributed by atoms with Crippen molar-refractivity contribution in [2.75, 3.05) is 11.9 Å². The van der Waals surface area contributed by atoms with E-state index in [1.807, 2.05) is 62.4 Å². The summed E-state index contributed by atoms with van der Waals surface area (Å²) in [7, 11) is 0. The third-order valence-corrected chi connectivity index (χ3v) is 3.59. The van der Waals surface area contributed by atoms with Gasteiger partial charge in [0.15, 0.2) is 0 Å². The Morgan fingerprint density at radius 3 is 2.52 bits per heavy atom. The highest BCUT2D eigenvalue weighted by Crippen LogP contribution is 2.30. The van der Waals surface area contributed by atoms with Gasteiger partial charge in [-0.3, -0.25) is 4.98 Å². The zero-order chi connectivity index (χ0) is 15.5. The molecule has 0 saturated heterocycles. The van der Waals surface area contributed by atoms with E-state index < -0.39 is 0 Å². The number of nitrogens with one attached hydrogen (secondary N) is 1. The first kappa shape index (κ1) is 17.4. The molecule has 0 spiro atoms.